The minimum Gasteiger partial charge on any atom is -0.295 e. The fourth-order valence-corrected chi connectivity index (χ4v) is 3.52. The zero-order valence-corrected chi connectivity index (χ0v) is 14.4. The summed E-state index contributed by atoms with van der Waals surface area (Å²) in [5.74, 6) is 0.535. The molecule has 2 aromatic heterocycles. The summed E-state index contributed by atoms with van der Waals surface area (Å²) in [6.07, 6.45) is 0. The highest BCUT2D eigenvalue weighted by atomic mass is 32.1. The smallest absolute Gasteiger partial charge is 0.235 e. The van der Waals surface area contributed by atoms with Crippen LogP contribution in [0.15, 0.2) is 54.6 Å². The Hall–Kier alpha value is -2.64. The van der Waals surface area contributed by atoms with Crippen LogP contribution in [0.3, 0.4) is 0 Å². The van der Waals surface area contributed by atoms with Crippen molar-refractivity contribution in [2.24, 2.45) is 0 Å². The highest BCUT2D eigenvalue weighted by molar-refractivity contribution is 7.19. The molecular weight excluding hydrogens is 337 g/mol. The molecule has 0 saturated carbocycles. The third kappa shape index (κ3) is 3.42. The van der Waals surface area contributed by atoms with E-state index in [1.54, 1.807) is 16.6 Å². The van der Waals surface area contributed by atoms with Gasteiger partial charge in [0.2, 0.25) is 4.96 Å². The van der Waals surface area contributed by atoms with Crippen LogP contribution in [-0.2, 0) is 13.1 Å². The Balaban J connectivity index is 1.55. The first-order chi connectivity index (χ1) is 12.2. The van der Waals surface area contributed by atoms with Crippen LogP contribution >= 0.6 is 11.3 Å². The molecule has 25 heavy (non-hydrogen) atoms. The number of rotatable bonds is 5. The van der Waals surface area contributed by atoms with E-state index in [9.17, 15) is 4.39 Å². The van der Waals surface area contributed by atoms with Gasteiger partial charge in [-0.3, -0.25) is 4.90 Å². The average Bonchev–Trinajstić information content (AvgIpc) is 3.18. The fourth-order valence-electron chi connectivity index (χ4n) is 2.66. The Morgan fingerprint density at radius 1 is 1.00 bits per heavy atom. The summed E-state index contributed by atoms with van der Waals surface area (Å²) in [6, 6.07) is 16.6. The number of halogens is 1. The van der Waals surface area contributed by atoms with Crippen molar-refractivity contribution in [1.82, 2.24) is 24.7 Å². The molecule has 0 fully saturated rings. The monoisotopic (exact) mass is 353 g/mol. The molecule has 0 saturated heterocycles. The first-order valence-electron chi connectivity index (χ1n) is 7.88. The second-order valence-corrected chi connectivity index (χ2v) is 6.84. The number of aromatic nitrogens is 4. The predicted molar refractivity (Wildman–Crippen MR) is 95.7 cm³/mol. The van der Waals surface area contributed by atoms with Crippen LogP contribution in [0.4, 0.5) is 4.39 Å². The second kappa shape index (κ2) is 6.70. The van der Waals surface area contributed by atoms with Gasteiger partial charge in [0.25, 0.3) is 0 Å². The molecule has 7 heteroatoms. The van der Waals surface area contributed by atoms with E-state index in [0.29, 0.717) is 6.54 Å². The quantitative estimate of drug-likeness (QED) is 0.550. The third-order valence-corrected chi connectivity index (χ3v) is 4.80. The maximum atomic E-state index is 13.1. The summed E-state index contributed by atoms with van der Waals surface area (Å²) in [5.41, 5.74) is 2.12. The van der Waals surface area contributed by atoms with Crippen molar-refractivity contribution in [1.29, 1.82) is 0 Å². The Kier molecular flexibility index (Phi) is 4.25. The molecule has 2 aromatic carbocycles. The summed E-state index contributed by atoms with van der Waals surface area (Å²) in [6.45, 7) is 1.47. The van der Waals surface area contributed by atoms with E-state index in [2.05, 4.69) is 32.3 Å². The van der Waals surface area contributed by atoms with E-state index < -0.39 is 0 Å². The molecule has 0 aliphatic rings. The summed E-state index contributed by atoms with van der Waals surface area (Å²) >= 11 is 1.45. The van der Waals surface area contributed by atoms with Gasteiger partial charge in [-0.1, -0.05) is 41.7 Å². The summed E-state index contributed by atoms with van der Waals surface area (Å²) in [7, 11) is 2.04. The first-order valence-corrected chi connectivity index (χ1v) is 8.70. The van der Waals surface area contributed by atoms with Crippen LogP contribution < -0.4 is 0 Å². The van der Waals surface area contributed by atoms with E-state index in [-0.39, 0.29) is 5.82 Å². The van der Waals surface area contributed by atoms with Crippen molar-refractivity contribution in [2.75, 3.05) is 7.05 Å². The summed E-state index contributed by atoms with van der Waals surface area (Å²) in [4.78, 5) is 2.91. The van der Waals surface area contributed by atoms with Crippen molar-refractivity contribution in [3.8, 4) is 10.6 Å². The van der Waals surface area contributed by atoms with Gasteiger partial charge in [-0.15, -0.1) is 10.2 Å². The Morgan fingerprint density at radius 3 is 2.52 bits per heavy atom. The van der Waals surface area contributed by atoms with E-state index in [1.807, 2.05) is 25.2 Å². The van der Waals surface area contributed by atoms with Gasteiger partial charge >= 0.3 is 0 Å². The lowest BCUT2D eigenvalue weighted by Crippen LogP contribution is -2.19. The van der Waals surface area contributed by atoms with Crippen molar-refractivity contribution in [2.45, 2.75) is 13.1 Å². The molecule has 0 bridgehead atoms. The number of benzene rings is 2. The minimum atomic E-state index is -0.255. The van der Waals surface area contributed by atoms with Crippen LogP contribution in [0.5, 0.6) is 0 Å². The molecule has 0 aliphatic heterocycles. The van der Waals surface area contributed by atoms with Crippen LogP contribution in [0.1, 0.15) is 11.4 Å². The Bertz CT molecular complexity index is 978. The molecule has 5 nitrogen and oxygen atoms in total. The number of hydrogen-bond acceptors (Lipinski definition) is 5. The Morgan fingerprint density at radius 2 is 1.76 bits per heavy atom. The van der Waals surface area contributed by atoms with Crippen LogP contribution in [0, 0.1) is 5.82 Å². The molecule has 0 N–H and O–H groups in total. The van der Waals surface area contributed by atoms with Gasteiger partial charge in [0.1, 0.15) is 10.8 Å². The number of nitrogens with zero attached hydrogens (tertiary/aromatic N) is 5. The second-order valence-electron chi connectivity index (χ2n) is 5.88. The minimum absolute atomic E-state index is 0.255. The highest BCUT2D eigenvalue weighted by Crippen LogP contribution is 2.25. The van der Waals surface area contributed by atoms with Crippen molar-refractivity contribution < 1.29 is 4.39 Å². The van der Waals surface area contributed by atoms with Gasteiger partial charge < -0.3 is 0 Å². The van der Waals surface area contributed by atoms with Crippen LogP contribution in [0.25, 0.3) is 15.5 Å². The molecule has 0 aliphatic carbocycles. The lowest BCUT2D eigenvalue weighted by molar-refractivity contribution is 0.308. The third-order valence-electron chi connectivity index (χ3n) is 3.85. The van der Waals surface area contributed by atoms with Gasteiger partial charge in [-0.2, -0.15) is 9.61 Å². The largest absolute Gasteiger partial charge is 0.295 e. The maximum Gasteiger partial charge on any atom is 0.235 e. The molecule has 0 spiro atoms. The van der Waals surface area contributed by atoms with Crippen molar-refractivity contribution >= 4 is 16.3 Å². The molecule has 2 heterocycles. The van der Waals surface area contributed by atoms with Crippen molar-refractivity contribution in [3.63, 3.8) is 0 Å². The lowest BCUT2D eigenvalue weighted by Gasteiger charge is -2.14. The highest BCUT2D eigenvalue weighted by Gasteiger charge is 2.14. The standard InChI is InChI=1S/C18H16FN5S/c1-23(11-13-5-3-2-4-6-13)12-16-20-21-18-24(16)22-17(25-18)14-7-9-15(19)10-8-14/h2-10H,11-12H2,1H3. The van der Waals surface area contributed by atoms with Gasteiger partial charge in [-0.25, -0.2) is 4.39 Å². The Labute approximate surface area is 148 Å². The topological polar surface area (TPSA) is 46.3 Å². The fraction of sp³-hybridized carbons (Fsp3) is 0.167. The van der Waals surface area contributed by atoms with E-state index in [0.717, 1.165) is 27.9 Å². The normalized spacial score (nSPS) is 11.5. The van der Waals surface area contributed by atoms with Crippen LogP contribution in [-0.4, -0.2) is 31.8 Å². The van der Waals surface area contributed by atoms with Gasteiger partial charge in [0.15, 0.2) is 5.82 Å². The van der Waals surface area contributed by atoms with Gasteiger partial charge in [0, 0.05) is 12.1 Å². The molecule has 126 valence electrons. The zero-order chi connectivity index (χ0) is 17.2. The molecule has 0 atom stereocenters. The molecule has 0 radical (unpaired) electrons. The molecule has 4 rings (SSSR count). The summed E-state index contributed by atoms with van der Waals surface area (Å²) in [5, 5.41) is 13.9. The van der Waals surface area contributed by atoms with Gasteiger partial charge in [-0.05, 0) is 36.9 Å². The molecular formula is C18H16FN5S. The van der Waals surface area contributed by atoms with E-state index >= 15 is 0 Å². The maximum absolute atomic E-state index is 13.1. The number of fused-ring (bicyclic) bond motifs is 1. The first kappa shape index (κ1) is 15.9. The summed E-state index contributed by atoms with van der Waals surface area (Å²) < 4.78 is 14.9. The van der Waals surface area contributed by atoms with Gasteiger partial charge in [0.05, 0.1) is 6.54 Å². The van der Waals surface area contributed by atoms with Crippen molar-refractivity contribution in [3.05, 3.63) is 71.8 Å². The van der Waals surface area contributed by atoms with E-state index in [4.69, 9.17) is 0 Å². The molecule has 4 aromatic rings. The molecule has 0 amide bonds. The number of hydrogen-bond donors (Lipinski definition) is 0. The van der Waals surface area contributed by atoms with Crippen LogP contribution in [0.2, 0.25) is 0 Å². The SMILES string of the molecule is CN(Cc1ccccc1)Cc1nnc2sc(-c3ccc(F)cc3)nn12. The average molecular weight is 353 g/mol. The molecule has 0 unspecified atom stereocenters. The lowest BCUT2D eigenvalue weighted by atomic mass is 10.2. The van der Waals surface area contributed by atoms with E-state index in [1.165, 1.54) is 29.0 Å². The predicted octanol–water partition coefficient (Wildman–Crippen LogP) is 3.62. The zero-order valence-electron chi connectivity index (χ0n) is 13.6.